The zero-order valence-electron chi connectivity index (χ0n) is 15.2. The minimum atomic E-state index is -3.28. The topological polar surface area (TPSA) is 59.0 Å². The van der Waals surface area contributed by atoms with Crippen LogP contribution in [0.15, 0.2) is 46.9 Å². The summed E-state index contributed by atoms with van der Waals surface area (Å²) >= 11 is 3.28. The molecule has 5 nitrogen and oxygen atoms in total. The lowest BCUT2D eigenvalue weighted by Gasteiger charge is -2.13. The summed E-state index contributed by atoms with van der Waals surface area (Å²) in [4.78, 5) is 12.3. The Morgan fingerprint density at radius 2 is 1.76 bits per heavy atom. The Morgan fingerprint density at radius 3 is 2.34 bits per heavy atom. The Labute approximate surface area is 171 Å². The van der Waals surface area contributed by atoms with Crippen molar-refractivity contribution in [3.05, 3.63) is 64.3 Å². The Morgan fingerprint density at radius 1 is 1.10 bits per heavy atom. The molecule has 0 unspecified atom stereocenters. The lowest BCUT2D eigenvalue weighted by atomic mass is 10.0. The van der Waals surface area contributed by atoms with Crippen LogP contribution in [0.25, 0.3) is 11.1 Å². The number of aromatic nitrogens is 2. The number of aryl methyl sites for hydroxylation is 1. The van der Waals surface area contributed by atoms with Crippen LogP contribution in [0.2, 0.25) is 0 Å². The van der Waals surface area contributed by atoms with Gasteiger partial charge in [0.05, 0.1) is 11.3 Å². The number of amides is 2. The molecule has 0 atom stereocenters. The van der Waals surface area contributed by atoms with Gasteiger partial charge in [-0.15, -0.1) is 0 Å². The number of benzene rings is 2. The minimum Gasteiger partial charge on any atom is -0.305 e. The van der Waals surface area contributed by atoms with E-state index in [4.69, 9.17) is 0 Å². The van der Waals surface area contributed by atoms with E-state index in [9.17, 15) is 22.4 Å². The maximum atomic E-state index is 14.1. The number of urea groups is 1. The quantitative estimate of drug-likeness (QED) is 0.467. The molecular weight excluding hydrogens is 456 g/mol. The summed E-state index contributed by atoms with van der Waals surface area (Å²) in [6.07, 6.45) is 0. The predicted octanol–water partition coefficient (Wildman–Crippen LogP) is 5.88. The van der Waals surface area contributed by atoms with Crippen LogP contribution in [-0.2, 0) is 13.0 Å². The van der Waals surface area contributed by atoms with E-state index in [1.807, 2.05) is 0 Å². The van der Waals surface area contributed by atoms with Gasteiger partial charge in [-0.25, -0.2) is 13.6 Å². The standard InChI is InChI=1S/C19H15BrF4N4O/c1-19(23,24)16-15(10-3-5-11(20)6-4-10)17(28(2)27-16)26-18(29)25-14-8-7-12(21)9-13(14)22/h3-9H,1-2H3,(H2,25,26,29). The van der Waals surface area contributed by atoms with E-state index in [0.29, 0.717) is 18.6 Å². The number of carbonyl (C=O) groups excluding carboxylic acids is 1. The lowest BCUT2D eigenvalue weighted by molar-refractivity contribution is 0.0128. The van der Waals surface area contributed by atoms with E-state index < -0.39 is 29.3 Å². The van der Waals surface area contributed by atoms with Gasteiger partial charge >= 0.3 is 6.03 Å². The molecule has 2 amide bonds. The molecule has 0 saturated heterocycles. The van der Waals surface area contributed by atoms with Gasteiger partial charge in [-0.1, -0.05) is 28.1 Å². The van der Waals surface area contributed by atoms with E-state index >= 15 is 0 Å². The zero-order valence-corrected chi connectivity index (χ0v) is 16.8. The molecule has 0 aliphatic rings. The summed E-state index contributed by atoms with van der Waals surface area (Å²) in [5, 5.41) is 8.50. The molecule has 0 radical (unpaired) electrons. The lowest BCUT2D eigenvalue weighted by Crippen LogP contribution is -2.22. The van der Waals surface area contributed by atoms with Crippen LogP contribution in [-0.4, -0.2) is 15.8 Å². The fraction of sp³-hybridized carbons (Fsp3) is 0.158. The SMILES string of the molecule is Cn1nc(C(C)(F)F)c(-c2ccc(Br)cc2)c1NC(=O)Nc1ccc(F)cc1F. The summed E-state index contributed by atoms with van der Waals surface area (Å²) in [6, 6.07) is 8.26. The predicted molar refractivity (Wildman–Crippen MR) is 105 cm³/mol. The van der Waals surface area contributed by atoms with Crippen molar-refractivity contribution < 1.29 is 22.4 Å². The summed E-state index contributed by atoms with van der Waals surface area (Å²) in [7, 11) is 1.39. The molecule has 2 N–H and O–H groups in total. The average molecular weight is 471 g/mol. The molecule has 0 spiro atoms. The van der Waals surface area contributed by atoms with Gasteiger partial charge in [-0.3, -0.25) is 10.00 Å². The Balaban J connectivity index is 1.99. The molecule has 1 heterocycles. The zero-order chi connectivity index (χ0) is 21.3. The molecule has 2 aromatic carbocycles. The highest BCUT2D eigenvalue weighted by Crippen LogP contribution is 2.40. The highest BCUT2D eigenvalue weighted by molar-refractivity contribution is 9.10. The Bertz CT molecular complexity index is 1060. The van der Waals surface area contributed by atoms with Gasteiger partial charge in [0.2, 0.25) is 0 Å². The van der Waals surface area contributed by atoms with Crippen LogP contribution in [0.3, 0.4) is 0 Å². The normalized spacial score (nSPS) is 11.4. The molecule has 0 aliphatic heterocycles. The summed E-state index contributed by atoms with van der Waals surface area (Å²) in [5.74, 6) is -5.06. The first-order valence-corrected chi connectivity index (χ1v) is 9.10. The molecule has 0 aliphatic carbocycles. The van der Waals surface area contributed by atoms with E-state index in [0.717, 1.165) is 21.3 Å². The van der Waals surface area contributed by atoms with Crippen molar-refractivity contribution in [1.29, 1.82) is 0 Å². The first-order valence-electron chi connectivity index (χ1n) is 8.30. The van der Waals surface area contributed by atoms with Gasteiger partial charge < -0.3 is 5.32 Å². The largest absolute Gasteiger partial charge is 0.324 e. The van der Waals surface area contributed by atoms with E-state index in [-0.39, 0.29) is 17.1 Å². The van der Waals surface area contributed by atoms with Gasteiger partial charge in [0.15, 0.2) is 0 Å². The second kappa shape index (κ2) is 7.86. The fourth-order valence-electron chi connectivity index (χ4n) is 2.72. The van der Waals surface area contributed by atoms with Gasteiger partial charge in [0, 0.05) is 24.5 Å². The van der Waals surface area contributed by atoms with Crippen LogP contribution in [0, 0.1) is 11.6 Å². The number of nitrogens with zero attached hydrogens (tertiary/aromatic N) is 2. The Kier molecular flexibility index (Phi) is 5.65. The molecule has 0 saturated carbocycles. The van der Waals surface area contributed by atoms with Crippen LogP contribution in [0.1, 0.15) is 12.6 Å². The highest BCUT2D eigenvalue weighted by atomic mass is 79.9. The third kappa shape index (κ3) is 4.58. The van der Waals surface area contributed by atoms with Gasteiger partial charge in [0.1, 0.15) is 23.1 Å². The van der Waals surface area contributed by atoms with E-state index in [1.165, 1.54) is 7.05 Å². The third-order valence-corrected chi connectivity index (χ3v) is 4.54. The second-order valence-corrected chi connectivity index (χ2v) is 7.21. The van der Waals surface area contributed by atoms with Crippen LogP contribution in [0.4, 0.5) is 33.9 Å². The van der Waals surface area contributed by atoms with E-state index in [2.05, 4.69) is 31.7 Å². The highest BCUT2D eigenvalue weighted by Gasteiger charge is 2.35. The molecule has 152 valence electrons. The number of alkyl halides is 2. The van der Waals surface area contributed by atoms with Crippen molar-refractivity contribution >= 4 is 33.5 Å². The average Bonchev–Trinajstić information content (AvgIpc) is 2.95. The van der Waals surface area contributed by atoms with Crippen molar-refractivity contribution in [3.8, 4) is 11.1 Å². The second-order valence-electron chi connectivity index (χ2n) is 6.29. The molecule has 0 bridgehead atoms. The maximum absolute atomic E-state index is 14.1. The summed E-state index contributed by atoms with van der Waals surface area (Å²) in [5.41, 5.74) is -0.355. The number of nitrogens with one attached hydrogen (secondary N) is 2. The van der Waals surface area contributed by atoms with Gasteiger partial charge in [-0.05, 0) is 29.8 Å². The number of carbonyl (C=O) groups is 1. The molecule has 3 rings (SSSR count). The molecular formula is C19H15BrF4N4O. The van der Waals surface area contributed by atoms with Crippen molar-refractivity contribution in [1.82, 2.24) is 9.78 Å². The number of rotatable bonds is 4. The van der Waals surface area contributed by atoms with Crippen LogP contribution < -0.4 is 10.6 Å². The molecule has 1 aromatic heterocycles. The van der Waals surface area contributed by atoms with Crippen LogP contribution in [0.5, 0.6) is 0 Å². The first kappa shape index (κ1) is 20.8. The fourth-order valence-corrected chi connectivity index (χ4v) is 2.98. The van der Waals surface area contributed by atoms with Crippen molar-refractivity contribution in [2.45, 2.75) is 12.8 Å². The summed E-state index contributed by atoms with van der Waals surface area (Å²) in [6.45, 7) is 0.704. The van der Waals surface area contributed by atoms with Crippen LogP contribution >= 0.6 is 15.9 Å². The molecule has 10 heteroatoms. The Hall–Kier alpha value is -2.88. The van der Waals surface area contributed by atoms with Crippen molar-refractivity contribution in [3.63, 3.8) is 0 Å². The molecule has 29 heavy (non-hydrogen) atoms. The number of hydrogen-bond donors (Lipinski definition) is 2. The first-order chi connectivity index (χ1) is 13.6. The van der Waals surface area contributed by atoms with Gasteiger partial charge in [0.25, 0.3) is 5.92 Å². The van der Waals surface area contributed by atoms with Crippen molar-refractivity contribution in [2.75, 3.05) is 10.6 Å². The minimum absolute atomic E-state index is 0.0103. The monoisotopic (exact) mass is 470 g/mol. The number of anilines is 2. The maximum Gasteiger partial charge on any atom is 0.324 e. The third-order valence-electron chi connectivity index (χ3n) is 4.01. The summed E-state index contributed by atoms with van der Waals surface area (Å²) < 4.78 is 56.9. The molecule has 0 fully saturated rings. The van der Waals surface area contributed by atoms with E-state index in [1.54, 1.807) is 24.3 Å². The molecule has 3 aromatic rings. The smallest absolute Gasteiger partial charge is 0.305 e. The van der Waals surface area contributed by atoms with Gasteiger partial charge in [-0.2, -0.15) is 13.9 Å². The number of halogens is 5. The van der Waals surface area contributed by atoms with Crippen molar-refractivity contribution in [2.24, 2.45) is 7.05 Å². The number of hydrogen-bond acceptors (Lipinski definition) is 2.